The molecule has 5 heteroatoms. The minimum absolute atomic E-state index is 0.117. The number of hydrogen-bond donors (Lipinski definition) is 1. The quantitative estimate of drug-likeness (QED) is 0.700. The predicted octanol–water partition coefficient (Wildman–Crippen LogP) is 3.83. The monoisotopic (exact) mass is 347 g/mol. The third-order valence-corrected chi connectivity index (χ3v) is 4.02. The van der Waals surface area contributed by atoms with E-state index in [0.29, 0.717) is 19.6 Å². The van der Waals surface area contributed by atoms with Crippen molar-refractivity contribution in [1.82, 2.24) is 5.32 Å². The van der Waals surface area contributed by atoms with E-state index in [4.69, 9.17) is 4.74 Å². The van der Waals surface area contributed by atoms with E-state index in [9.17, 15) is 13.6 Å². The lowest BCUT2D eigenvalue weighted by Crippen LogP contribution is -2.31. The smallest absolute Gasteiger partial charge is 0.227 e. The van der Waals surface area contributed by atoms with Crippen LogP contribution in [0.2, 0.25) is 0 Å². The Hall–Kier alpha value is -2.27. The first-order chi connectivity index (χ1) is 12.1. The molecule has 1 N–H and O–H groups in total. The first kappa shape index (κ1) is 19.1. The van der Waals surface area contributed by atoms with Gasteiger partial charge in [-0.15, -0.1) is 0 Å². The number of nitrogens with one attached hydrogen (secondary N) is 1. The summed E-state index contributed by atoms with van der Waals surface area (Å²) < 4.78 is 31.3. The second kappa shape index (κ2) is 9.89. The third-order valence-electron chi connectivity index (χ3n) is 4.02. The van der Waals surface area contributed by atoms with Crippen molar-refractivity contribution in [2.45, 2.75) is 25.2 Å². The zero-order valence-corrected chi connectivity index (χ0v) is 14.3. The molecule has 2 aromatic rings. The van der Waals surface area contributed by atoms with Gasteiger partial charge in [-0.1, -0.05) is 24.3 Å². The fraction of sp³-hybridized carbons (Fsp3) is 0.350. The van der Waals surface area contributed by atoms with Crippen molar-refractivity contribution in [3.63, 3.8) is 0 Å². The van der Waals surface area contributed by atoms with Crippen LogP contribution >= 0.6 is 0 Å². The van der Waals surface area contributed by atoms with Gasteiger partial charge in [0.15, 0.2) is 0 Å². The van der Waals surface area contributed by atoms with E-state index < -0.39 is 5.92 Å². The van der Waals surface area contributed by atoms with Crippen molar-refractivity contribution in [3.05, 3.63) is 71.3 Å². The van der Waals surface area contributed by atoms with Crippen LogP contribution in [0.25, 0.3) is 0 Å². The van der Waals surface area contributed by atoms with Crippen LogP contribution in [0.5, 0.6) is 0 Å². The number of ether oxygens (including phenoxy) is 1. The molecule has 0 fully saturated rings. The molecule has 2 aromatic carbocycles. The lowest BCUT2D eigenvalue weighted by atomic mass is 9.91. The standard InChI is InChI=1S/C20H23F2NO2/c1-25-13-3-2-12-23-20(24)19(16-6-10-18(22)11-7-16)14-15-4-8-17(21)9-5-15/h4-11,19H,2-3,12-14H2,1H3,(H,23,24). The Labute approximate surface area is 147 Å². The van der Waals surface area contributed by atoms with Gasteiger partial charge in [-0.25, -0.2) is 8.78 Å². The number of hydrogen-bond acceptors (Lipinski definition) is 2. The highest BCUT2D eigenvalue weighted by Gasteiger charge is 2.21. The molecule has 0 heterocycles. The molecule has 0 bridgehead atoms. The van der Waals surface area contributed by atoms with Crippen molar-refractivity contribution in [3.8, 4) is 0 Å². The van der Waals surface area contributed by atoms with E-state index in [1.807, 2.05) is 0 Å². The van der Waals surface area contributed by atoms with Gasteiger partial charge in [0.1, 0.15) is 11.6 Å². The summed E-state index contributed by atoms with van der Waals surface area (Å²) in [6, 6.07) is 12.0. The lowest BCUT2D eigenvalue weighted by Gasteiger charge is -2.18. The highest BCUT2D eigenvalue weighted by molar-refractivity contribution is 5.84. The van der Waals surface area contributed by atoms with Crippen LogP contribution in [0, 0.1) is 11.6 Å². The maximum atomic E-state index is 13.2. The number of carbonyl (C=O) groups excluding carboxylic acids is 1. The second-order valence-corrected chi connectivity index (χ2v) is 5.93. The number of amides is 1. The van der Waals surface area contributed by atoms with Crippen molar-refractivity contribution in [2.24, 2.45) is 0 Å². The zero-order chi connectivity index (χ0) is 18.1. The SMILES string of the molecule is COCCCCNC(=O)C(Cc1ccc(F)cc1)c1ccc(F)cc1. The van der Waals surface area contributed by atoms with E-state index >= 15 is 0 Å². The van der Waals surface area contributed by atoms with Crippen LogP contribution in [-0.4, -0.2) is 26.2 Å². The molecule has 0 saturated carbocycles. The van der Waals surface area contributed by atoms with Crippen LogP contribution < -0.4 is 5.32 Å². The summed E-state index contributed by atoms with van der Waals surface area (Å²) in [7, 11) is 1.64. The molecule has 3 nitrogen and oxygen atoms in total. The Balaban J connectivity index is 2.07. The van der Waals surface area contributed by atoms with Crippen LogP contribution in [0.4, 0.5) is 8.78 Å². The van der Waals surface area contributed by atoms with E-state index in [0.717, 1.165) is 24.0 Å². The fourth-order valence-electron chi connectivity index (χ4n) is 2.62. The Morgan fingerprint density at radius 1 is 1.00 bits per heavy atom. The van der Waals surface area contributed by atoms with Crippen molar-refractivity contribution in [2.75, 3.05) is 20.3 Å². The number of carbonyl (C=O) groups is 1. The molecule has 0 saturated heterocycles. The number of benzene rings is 2. The van der Waals surface area contributed by atoms with Gasteiger partial charge in [-0.3, -0.25) is 4.79 Å². The van der Waals surface area contributed by atoms with Crippen molar-refractivity contribution in [1.29, 1.82) is 0 Å². The Morgan fingerprint density at radius 3 is 2.20 bits per heavy atom. The van der Waals surface area contributed by atoms with E-state index in [-0.39, 0.29) is 17.5 Å². The highest BCUT2D eigenvalue weighted by atomic mass is 19.1. The molecular weight excluding hydrogens is 324 g/mol. The topological polar surface area (TPSA) is 38.3 Å². The Morgan fingerprint density at radius 2 is 1.60 bits per heavy atom. The Bertz CT molecular complexity index is 656. The summed E-state index contributed by atoms with van der Waals surface area (Å²) in [4.78, 5) is 12.6. The number of unbranched alkanes of at least 4 members (excludes halogenated alkanes) is 1. The van der Waals surface area contributed by atoms with E-state index in [1.165, 1.54) is 24.3 Å². The minimum atomic E-state index is -0.450. The largest absolute Gasteiger partial charge is 0.385 e. The number of rotatable bonds is 9. The van der Waals surface area contributed by atoms with Gasteiger partial charge in [0.25, 0.3) is 0 Å². The zero-order valence-electron chi connectivity index (χ0n) is 14.3. The lowest BCUT2D eigenvalue weighted by molar-refractivity contribution is -0.122. The molecule has 0 aliphatic rings. The molecule has 1 amide bonds. The normalized spacial score (nSPS) is 12.0. The molecule has 0 radical (unpaired) electrons. The van der Waals surface area contributed by atoms with Crippen LogP contribution in [0.15, 0.2) is 48.5 Å². The van der Waals surface area contributed by atoms with E-state index in [2.05, 4.69) is 5.32 Å². The van der Waals surface area contributed by atoms with Gasteiger partial charge in [0, 0.05) is 20.3 Å². The number of methoxy groups -OCH3 is 1. The maximum absolute atomic E-state index is 13.2. The van der Waals surface area contributed by atoms with Gasteiger partial charge in [-0.05, 0) is 54.7 Å². The summed E-state index contributed by atoms with van der Waals surface area (Å²) in [5.74, 6) is -1.23. The van der Waals surface area contributed by atoms with Gasteiger partial charge in [0.05, 0.1) is 5.92 Å². The molecule has 1 atom stereocenters. The first-order valence-electron chi connectivity index (χ1n) is 8.36. The molecule has 2 rings (SSSR count). The molecule has 0 aromatic heterocycles. The second-order valence-electron chi connectivity index (χ2n) is 5.93. The first-order valence-corrected chi connectivity index (χ1v) is 8.36. The maximum Gasteiger partial charge on any atom is 0.227 e. The summed E-state index contributed by atoms with van der Waals surface area (Å²) in [5.41, 5.74) is 1.59. The molecular formula is C20H23F2NO2. The third kappa shape index (κ3) is 6.27. The molecule has 1 unspecified atom stereocenters. The van der Waals surface area contributed by atoms with Gasteiger partial charge < -0.3 is 10.1 Å². The molecule has 0 aliphatic carbocycles. The molecule has 0 aliphatic heterocycles. The molecule has 134 valence electrons. The average molecular weight is 347 g/mol. The molecule has 25 heavy (non-hydrogen) atoms. The minimum Gasteiger partial charge on any atom is -0.385 e. The molecule has 0 spiro atoms. The van der Waals surface area contributed by atoms with Gasteiger partial charge in [-0.2, -0.15) is 0 Å². The van der Waals surface area contributed by atoms with Crippen molar-refractivity contribution < 1.29 is 18.3 Å². The highest BCUT2D eigenvalue weighted by Crippen LogP contribution is 2.22. The summed E-state index contributed by atoms with van der Waals surface area (Å²) >= 11 is 0. The summed E-state index contributed by atoms with van der Waals surface area (Å²) in [6.07, 6.45) is 2.12. The summed E-state index contributed by atoms with van der Waals surface area (Å²) in [6.45, 7) is 1.22. The van der Waals surface area contributed by atoms with Crippen LogP contribution in [-0.2, 0) is 16.0 Å². The average Bonchev–Trinajstić information content (AvgIpc) is 2.62. The van der Waals surface area contributed by atoms with E-state index in [1.54, 1.807) is 31.4 Å². The number of halogens is 2. The predicted molar refractivity (Wildman–Crippen MR) is 93.4 cm³/mol. The van der Waals surface area contributed by atoms with Gasteiger partial charge >= 0.3 is 0 Å². The van der Waals surface area contributed by atoms with Crippen LogP contribution in [0.1, 0.15) is 29.9 Å². The summed E-state index contributed by atoms with van der Waals surface area (Å²) in [5, 5.41) is 2.92. The van der Waals surface area contributed by atoms with Crippen molar-refractivity contribution >= 4 is 5.91 Å². The van der Waals surface area contributed by atoms with Gasteiger partial charge in [0.2, 0.25) is 5.91 Å². The Kier molecular flexibility index (Phi) is 7.54. The van der Waals surface area contributed by atoms with Crippen LogP contribution in [0.3, 0.4) is 0 Å². The fourth-order valence-corrected chi connectivity index (χ4v) is 2.62.